The van der Waals surface area contributed by atoms with E-state index in [0.29, 0.717) is 11.3 Å². The van der Waals surface area contributed by atoms with Crippen molar-refractivity contribution >= 4 is 17.5 Å². The first kappa shape index (κ1) is 15.8. The molecule has 1 heterocycles. The first-order valence-corrected chi connectivity index (χ1v) is 7.57. The zero-order valence-electron chi connectivity index (χ0n) is 12.6. The molecule has 106 valence electrons. The number of alkyl halides is 1. The first-order chi connectivity index (χ1) is 8.18. The monoisotopic (exact) mass is 273 g/mol. The van der Waals surface area contributed by atoms with Crippen LogP contribution in [0.3, 0.4) is 0 Å². The van der Waals surface area contributed by atoms with E-state index in [4.69, 9.17) is 11.6 Å². The van der Waals surface area contributed by atoms with Gasteiger partial charge in [-0.15, -0.1) is 11.6 Å². The largest absolute Gasteiger partial charge is 0.342 e. The highest BCUT2D eigenvalue weighted by atomic mass is 35.5. The molecule has 0 N–H and O–H groups in total. The number of carbonyl (C=O) groups is 1. The number of halogens is 1. The van der Waals surface area contributed by atoms with E-state index < -0.39 is 5.41 Å². The van der Waals surface area contributed by atoms with Crippen molar-refractivity contribution in [2.24, 2.45) is 16.7 Å². The lowest BCUT2D eigenvalue weighted by molar-refractivity contribution is -0.139. The Kier molecular flexibility index (Phi) is 5.11. The van der Waals surface area contributed by atoms with E-state index in [9.17, 15) is 4.79 Å². The standard InChI is InChI=1S/C15H28ClNO/c1-14(2,3)12-7-6-9-17(10-8-12)13(18)15(4,5)11-16/h12H,6-11H2,1-5H3. The van der Waals surface area contributed by atoms with Gasteiger partial charge in [-0.3, -0.25) is 4.79 Å². The second kappa shape index (κ2) is 5.81. The van der Waals surface area contributed by atoms with Gasteiger partial charge in [0.25, 0.3) is 0 Å². The summed E-state index contributed by atoms with van der Waals surface area (Å²) in [5, 5.41) is 0. The topological polar surface area (TPSA) is 20.3 Å². The van der Waals surface area contributed by atoms with Crippen molar-refractivity contribution in [1.29, 1.82) is 0 Å². The zero-order chi connectivity index (χ0) is 14.0. The highest BCUT2D eigenvalue weighted by molar-refractivity contribution is 6.19. The predicted molar refractivity (Wildman–Crippen MR) is 77.9 cm³/mol. The molecule has 0 aromatic rings. The summed E-state index contributed by atoms with van der Waals surface area (Å²) in [6.07, 6.45) is 3.47. The molecule has 0 spiro atoms. The van der Waals surface area contributed by atoms with E-state index >= 15 is 0 Å². The Morgan fingerprint density at radius 1 is 1.17 bits per heavy atom. The molecule has 3 heteroatoms. The molecule has 1 unspecified atom stereocenters. The van der Waals surface area contributed by atoms with Crippen LogP contribution in [0.15, 0.2) is 0 Å². The molecule has 2 nitrogen and oxygen atoms in total. The third-order valence-corrected chi connectivity index (χ3v) is 4.82. The van der Waals surface area contributed by atoms with E-state index in [2.05, 4.69) is 20.8 Å². The van der Waals surface area contributed by atoms with Gasteiger partial charge in [-0.05, 0) is 44.4 Å². The molecule has 1 saturated heterocycles. The number of nitrogens with zero attached hydrogens (tertiary/aromatic N) is 1. The summed E-state index contributed by atoms with van der Waals surface area (Å²) in [6.45, 7) is 12.6. The van der Waals surface area contributed by atoms with Crippen LogP contribution in [0, 0.1) is 16.7 Å². The molecule has 18 heavy (non-hydrogen) atoms. The molecule has 0 bridgehead atoms. The van der Waals surface area contributed by atoms with Gasteiger partial charge in [-0.1, -0.05) is 20.8 Å². The quantitative estimate of drug-likeness (QED) is 0.698. The van der Waals surface area contributed by atoms with Crippen LogP contribution in [0.2, 0.25) is 0 Å². The highest BCUT2D eigenvalue weighted by Crippen LogP contribution is 2.35. The normalized spacial score (nSPS) is 22.8. The molecule has 0 radical (unpaired) electrons. The maximum Gasteiger partial charge on any atom is 0.229 e. The average Bonchev–Trinajstić information content (AvgIpc) is 2.52. The fourth-order valence-corrected chi connectivity index (χ4v) is 2.76. The Bertz CT molecular complexity index is 293. The maximum atomic E-state index is 12.4. The van der Waals surface area contributed by atoms with E-state index in [0.717, 1.165) is 31.8 Å². The van der Waals surface area contributed by atoms with Crippen LogP contribution in [0.5, 0.6) is 0 Å². The van der Waals surface area contributed by atoms with Gasteiger partial charge < -0.3 is 4.90 Å². The molecule has 1 amide bonds. The van der Waals surface area contributed by atoms with Crippen molar-refractivity contribution in [3.63, 3.8) is 0 Å². The van der Waals surface area contributed by atoms with Gasteiger partial charge in [0.2, 0.25) is 5.91 Å². The molecule has 0 aromatic heterocycles. The predicted octanol–water partition coefficient (Wildman–Crippen LogP) is 3.93. The molecule has 0 aliphatic carbocycles. The van der Waals surface area contributed by atoms with Gasteiger partial charge in [0, 0.05) is 19.0 Å². The van der Waals surface area contributed by atoms with Crippen LogP contribution >= 0.6 is 11.6 Å². The van der Waals surface area contributed by atoms with Crippen LogP contribution in [0.25, 0.3) is 0 Å². The molecule has 1 fully saturated rings. The fourth-order valence-electron chi connectivity index (χ4n) is 2.65. The Morgan fingerprint density at radius 3 is 2.28 bits per heavy atom. The van der Waals surface area contributed by atoms with E-state index in [1.807, 2.05) is 18.7 Å². The third kappa shape index (κ3) is 3.88. The fraction of sp³-hybridized carbons (Fsp3) is 0.933. The van der Waals surface area contributed by atoms with Crippen molar-refractivity contribution in [1.82, 2.24) is 4.90 Å². The summed E-state index contributed by atoms with van der Waals surface area (Å²) in [7, 11) is 0. The molecule has 0 saturated carbocycles. The lowest BCUT2D eigenvalue weighted by Gasteiger charge is -2.31. The minimum atomic E-state index is -0.427. The van der Waals surface area contributed by atoms with Crippen LogP contribution < -0.4 is 0 Å². The van der Waals surface area contributed by atoms with Gasteiger partial charge in [-0.25, -0.2) is 0 Å². The Morgan fingerprint density at radius 2 is 1.78 bits per heavy atom. The molecular weight excluding hydrogens is 246 g/mol. The van der Waals surface area contributed by atoms with Gasteiger partial charge in [0.15, 0.2) is 0 Å². The summed E-state index contributed by atoms with van der Waals surface area (Å²) < 4.78 is 0. The van der Waals surface area contributed by atoms with Crippen LogP contribution in [-0.4, -0.2) is 29.8 Å². The van der Waals surface area contributed by atoms with Gasteiger partial charge in [-0.2, -0.15) is 0 Å². The molecule has 1 aliphatic rings. The van der Waals surface area contributed by atoms with Crippen molar-refractivity contribution in [3.05, 3.63) is 0 Å². The maximum absolute atomic E-state index is 12.4. The highest BCUT2D eigenvalue weighted by Gasteiger charge is 2.34. The van der Waals surface area contributed by atoms with E-state index in [-0.39, 0.29) is 5.91 Å². The van der Waals surface area contributed by atoms with E-state index in [1.165, 1.54) is 6.42 Å². The molecule has 1 atom stereocenters. The molecular formula is C15H28ClNO. The number of rotatable bonds is 2. The summed E-state index contributed by atoms with van der Waals surface area (Å²) in [5.74, 6) is 1.33. The third-order valence-electron chi connectivity index (χ3n) is 4.15. The molecule has 0 aromatic carbocycles. The summed E-state index contributed by atoms with van der Waals surface area (Å²) in [4.78, 5) is 14.4. The van der Waals surface area contributed by atoms with Crippen molar-refractivity contribution in [3.8, 4) is 0 Å². The van der Waals surface area contributed by atoms with E-state index in [1.54, 1.807) is 0 Å². The Hall–Kier alpha value is -0.240. The van der Waals surface area contributed by atoms with Crippen LogP contribution in [0.1, 0.15) is 53.9 Å². The van der Waals surface area contributed by atoms with Gasteiger partial charge >= 0.3 is 0 Å². The van der Waals surface area contributed by atoms with Crippen molar-refractivity contribution in [2.75, 3.05) is 19.0 Å². The molecule has 1 aliphatic heterocycles. The van der Waals surface area contributed by atoms with Crippen molar-refractivity contribution in [2.45, 2.75) is 53.9 Å². The Labute approximate surface area is 117 Å². The number of likely N-dealkylation sites (tertiary alicyclic amines) is 1. The minimum Gasteiger partial charge on any atom is -0.342 e. The first-order valence-electron chi connectivity index (χ1n) is 7.04. The van der Waals surface area contributed by atoms with Crippen molar-refractivity contribution < 1.29 is 4.79 Å². The molecule has 1 rings (SSSR count). The average molecular weight is 274 g/mol. The van der Waals surface area contributed by atoms with Crippen LogP contribution in [-0.2, 0) is 4.79 Å². The lowest BCUT2D eigenvalue weighted by Crippen LogP contribution is -2.42. The second-order valence-corrected chi connectivity index (χ2v) is 7.57. The number of hydrogen-bond donors (Lipinski definition) is 0. The summed E-state index contributed by atoms with van der Waals surface area (Å²) in [5.41, 5.74) is -0.0792. The Balaban J connectivity index is 2.65. The number of hydrogen-bond acceptors (Lipinski definition) is 1. The second-order valence-electron chi connectivity index (χ2n) is 7.30. The summed E-state index contributed by atoms with van der Waals surface area (Å²) >= 11 is 5.90. The van der Waals surface area contributed by atoms with Crippen LogP contribution in [0.4, 0.5) is 0 Å². The minimum absolute atomic E-state index is 0.215. The SMILES string of the molecule is CC(C)(CCl)C(=O)N1CCCC(C(C)(C)C)CC1. The lowest BCUT2D eigenvalue weighted by atomic mass is 9.77. The smallest absolute Gasteiger partial charge is 0.229 e. The number of amides is 1. The zero-order valence-corrected chi connectivity index (χ0v) is 13.3. The summed E-state index contributed by atoms with van der Waals surface area (Å²) in [6, 6.07) is 0. The van der Waals surface area contributed by atoms with Gasteiger partial charge in [0.1, 0.15) is 0 Å². The van der Waals surface area contributed by atoms with Gasteiger partial charge in [0.05, 0.1) is 5.41 Å². The number of carbonyl (C=O) groups excluding carboxylic acids is 1.